The van der Waals surface area contributed by atoms with Crippen LogP contribution in [0.4, 0.5) is 0 Å². The van der Waals surface area contributed by atoms with Crippen LogP contribution < -0.4 is 4.74 Å². The molecule has 5 nitrogen and oxygen atoms in total. The molecule has 0 bridgehead atoms. The van der Waals surface area contributed by atoms with E-state index in [1.165, 1.54) is 22.3 Å². The van der Waals surface area contributed by atoms with Crippen molar-refractivity contribution in [3.63, 3.8) is 0 Å². The summed E-state index contributed by atoms with van der Waals surface area (Å²) >= 11 is 0. The molecule has 9 rings (SSSR count). The minimum Gasteiger partial charge on any atom is -0.465 e. The third-order valence-corrected chi connectivity index (χ3v) is 10.1. The molecule has 0 saturated heterocycles. The van der Waals surface area contributed by atoms with Gasteiger partial charge in [0.1, 0.15) is 5.75 Å². The van der Waals surface area contributed by atoms with Gasteiger partial charge in [0.25, 0.3) is 0 Å². The predicted octanol–water partition coefficient (Wildman–Crippen LogP) is 11.2. The van der Waals surface area contributed by atoms with Crippen LogP contribution in [-0.4, -0.2) is 19.9 Å². The highest BCUT2D eigenvalue weighted by Gasteiger charge is 2.44. The molecule has 0 saturated carbocycles. The van der Waals surface area contributed by atoms with Crippen LogP contribution in [0.3, 0.4) is 0 Å². The zero-order chi connectivity index (χ0) is 36.3. The number of fused-ring (bicyclic) bond motifs is 7. The molecular weight excluding hydrogens is 661 g/mol. The minimum atomic E-state index is -0.693. The highest BCUT2D eigenvalue weighted by atomic mass is 16.5. The van der Waals surface area contributed by atoms with Crippen molar-refractivity contribution in [1.29, 1.82) is 0 Å². The number of benzene rings is 5. The zero-order valence-corrected chi connectivity index (χ0v) is 29.8. The quantitative estimate of drug-likeness (QED) is 0.173. The third-order valence-electron chi connectivity index (χ3n) is 10.1. The number of rotatable bonds is 6. The van der Waals surface area contributed by atoms with Gasteiger partial charge in [-0.05, 0) is 83.2 Å². The molecule has 0 amide bonds. The lowest BCUT2D eigenvalue weighted by Crippen LogP contribution is -2.25. The van der Waals surface area contributed by atoms with Crippen molar-refractivity contribution in [1.82, 2.24) is 19.9 Å². The summed E-state index contributed by atoms with van der Waals surface area (Å²) < 4.78 is 6.58. The first-order chi connectivity index (χ1) is 26.7. The standard InChI is InChI=1S/C49H36N4O/c1-2-15-44-37(21-13-30-50-44)32-34-16-14-31-54-45-27-26-38(48-52-46(35-17-5-3-6-18-35)51-47(53-48)36-19-7-4-8-20-36)33-43(45)49(29-28-34)41-24-11-9-22-39(41)40-23-10-12-25-42(40)49/h2-31,33H,32H2,1H3/b15-2-,29-28+,31-14+,34-16+. The maximum Gasteiger partial charge on any atom is 0.164 e. The Labute approximate surface area is 315 Å². The van der Waals surface area contributed by atoms with Gasteiger partial charge in [-0.1, -0.05) is 140 Å². The highest BCUT2D eigenvalue weighted by Crippen LogP contribution is 2.56. The Hall–Kier alpha value is -6.98. The average molecular weight is 697 g/mol. The van der Waals surface area contributed by atoms with Gasteiger partial charge in [-0.2, -0.15) is 0 Å². The molecule has 0 fully saturated rings. The first kappa shape index (κ1) is 32.9. The zero-order valence-electron chi connectivity index (χ0n) is 29.8. The van der Waals surface area contributed by atoms with Crippen LogP contribution in [0.15, 0.2) is 188 Å². The van der Waals surface area contributed by atoms with Crippen LogP contribution in [-0.2, 0) is 11.8 Å². The van der Waals surface area contributed by atoms with Crippen LogP contribution in [0.2, 0.25) is 0 Å². The Kier molecular flexibility index (Phi) is 8.66. The second-order valence-electron chi connectivity index (χ2n) is 13.4. The minimum absolute atomic E-state index is 0.588. The van der Waals surface area contributed by atoms with Gasteiger partial charge < -0.3 is 4.74 Å². The Morgan fingerprint density at radius 2 is 1.22 bits per heavy atom. The van der Waals surface area contributed by atoms with E-state index in [0.717, 1.165) is 44.8 Å². The summed E-state index contributed by atoms with van der Waals surface area (Å²) in [4.78, 5) is 19.8. The first-order valence-electron chi connectivity index (χ1n) is 18.2. The molecule has 0 atom stereocenters. The molecule has 1 aliphatic heterocycles. The summed E-state index contributed by atoms with van der Waals surface area (Å²) in [6.45, 7) is 2.02. The number of allylic oxidation sites excluding steroid dienone is 6. The van der Waals surface area contributed by atoms with Crippen molar-refractivity contribution < 1.29 is 4.74 Å². The molecule has 5 aromatic carbocycles. The Bertz CT molecular complexity index is 2520. The summed E-state index contributed by atoms with van der Waals surface area (Å²) in [5.41, 5.74) is 11.1. The van der Waals surface area contributed by atoms with E-state index in [9.17, 15) is 0 Å². The average Bonchev–Trinajstić information content (AvgIpc) is 3.52. The Morgan fingerprint density at radius 3 is 1.87 bits per heavy atom. The SMILES string of the molecule is C/C=C\c1ncccc1CC1=C/C=C/Oc2ccc(-c3nc(-c4ccccc4)nc(-c4ccccc4)n3)cc2C2(\C=C\1)c1ccccc1-c1ccccc12. The molecular formula is C49H36N4O. The number of hydrogen-bond donors (Lipinski definition) is 0. The lowest BCUT2D eigenvalue weighted by atomic mass is 9.71. The van der Waals surface area contributed by atoms with Crippen molar-refractivity contribution in [3.05, 3.63) is 216 Å². The molecule has 3 heterocycles. The van der Waals surface area contributed by atoms with Crippen molar-refractivity contribution in [2.24, 2.45) is 0 Å². The Morgan fingerprint density at radius 1 is 0.611 bits per heavy atom. The molecule has 0 radical (unpaired) electrons. The topological polar surface area (TPSA) is 60.8 Å². The van der Waals surface area contributed by atoms with E-state index in [1.807, 2.05) is 104 Å². The molecule has 2 aromatic heterocycles. The van der Waals surface area contributed by atoms with E-state index in [2.05, 4.69) is 90.0 Å². The molecule has 0 unspecified atom stereocenters. The van der Waals surface area contributed by atoms with Crippen molar-refractivity contribution in [2.75, 3.05) is 0 Å². The normalized spacial score (nSPS) is 16.1. The smallest absolute Gasteiger partial charge is 0.164 e. The number of hydrogen-bond acceptors (Lipinski definition) is 5. The number of nitrogens with zero attached hydrogens (tertiary/aromatic N) is 4. The maximum atomic E-state index is 6.58. The van der Waals surface area contributed by atoms with Gasteiger partial charge in [0, 0.05) is 28.5 Å². The van der Waals surface area contributed by atoms with Gasteiger partial charge in [0.15, 0.2) is 17.5 Å². The van der Waals surface area contributed by atoms with E-state index >= 15 is 0 Å². The molecule has 2 aliphatic rings. The van der Waals surface area contributed by atoms with Crippen LogP contribution in [0, 0.1) is 0 Å². The summed E-state index contributed by atoms with van der Waals surface area (Å²) in [6, 6.07) is 48.0. The summed E-state index contributed by atoms with van der Waals surface area (Å²) in [5.74, 6) is 2.58. The fourth-order valence-corrected chi connectivity index (χ4v) is 7.66. The van der Waals surface area contributed by atoms with Gasteiger partial charge in [-0.25, -0.2) is 15.0 Å². The molecule has 5 heteroatoms. The maximum absolute atomic E-state index is 6.58. The lowest BCUT2D eigenvalue weighted by Gasteiger charge is -2.32. The van der Waals surface area contributed by atoms with Crippen LogP contribution in [0.25, 0.3) is 51.4 Å². The first-order valence-corrected chi connectivity index (χ1v) is 18.2. The van der Waals surface area contributed by atoms with Crippen molar-refractivity contribution in [2.45, 2.75) is 18.8 Å². The number of pyridine rings is 1. The monoisotopic (exact) mass is 696 g/mol. The second-order valence-corrected chi connectivity index (χ2v) is 13.4. The lowest BCUT2D eigenvalue weighted by molar-refractivity contribution is 0.469. The fourth-order valence-electron chi connectivity index (χ4n) is 7.66. The summed E-state index contributed by atoms with van der Waals surface area (Å²) in [5, 5.41) is 0. The van der Waals surface area contributed by atoms with Crippen molar-refractivity contribution in [3.8, 4) is 51.0 Å². The van der Waals surface area contributed by atoms with Gasteiger partial charge in [-0.15, -0.1) is 0 Å². The van der Waals surface area contributed by atoms with E-state index < -0.39 is 5.41 Å². The van der Waals surface area contributed by atoms with Gasteiger partial charge in [-0.3, -0.25) is 4.98 Å². The van der Waals surface area contributed by atoms with E-state index in [0.29, 0.717) is 23.9 Å². The molecule has 1 spiro atoms. The van der Waals surface area contributed by atoms with Gasteiger partial charge in [0.05, 0.1) is 17.4 Å². The third kappa shape index (κ3) is 5.96. The van der Waals surface area contributed by atoms with Crippen molar-refractivity contribution >= 4 is 6.08 Å². The second kappa shape index (κ2) is 14.2. The fraction of sp³-hybridized carbons (Fsp3) is 0.0612. The van der Waals surface area contributed by atoms with Crippen LogP contribution in [0.1, 0.15) is 34.9 Å². The largest absolute Gasteiger partial charge is 0.465 e. The van der Waals surface area contributed by atoms with E-state index in [4.69, 9.17) is 19.7 Å². The summed E-state index contributed by atoms with van der Waals surface area (Å²) in [7, 11) is 0. The van der Waals surface area contributed by atoms with E-state index in [-0.39, 0.29) is 0 Å². The number of ether oxygens (including phenoxy) is 1. The molecule has 0 N–H and O–H groups in total. The highest BCUT2D eigenvalue weighted by molar-refractivity contribution is 5.86. The van der Waals surface area contributed by atoms with Gasteiger partial charge >= 0.3 is 0 Å². The van der Waals surface area contributed by atoms with Gasteiger partial charge in [0.2, 0.25) is 0 Å². The molecule has 1 aliphatic carbocycles. The van der Waals surface area contributed by atoms with E-state index in [1.54, 1.807) is 6.26 Å². The molecule has 54 heavy (non-hydrogen) atoms. The van der Waals surface area contributed by atoms with Crippen LogP contribution in [0.5, 0.6) is 5.75 Å². The van der Waals surface area contributed by atoms with Crippen LogP contribution >= 0.6 is 0 Å². The summed E-state index contributed by atoms with van der Waals surface area (Å²) in [6.07, 6.45) is 17.2. The number of aromatic nitrogens is 4. The molecule has 7 aromatic rings. The Balaban J connectivity index is 1.27. The predicted molar refractivity (Wildman–Crippen MR) is 218 cm³/mol. The molecule has 258 valence electrons.